The number of hydrogen-bond donors (Lipinski definition) is 3. The maximum atomic E-state index is 13.3. The second-order valence-corrected chi connectivity index (χ2v) is 4.97. The van der Waals surface area contributed by atoms with Crippen LogP contribution >= 0.6 is 0 Å². The maximum absolute atomic E-state index is 13.3. The molecule has 0 spiro atoms. The predicted molar refractivity (Wildman–Crippen MR) is 60.6 cm³/mol. The molecule has 0 amide bonds. The minimum absolute atomic E-state index is 0.276. The van der Waals surface area contributed by atoms with Gasteiger partial charge >= 0.3 is 5.97 Å². The summed E-state index contributed by atoms with van der Waals surface area (Å²) in [7, 11) is -4.27. The van der Waals surface area contributed by atoms with Crippen molar-refractivity contribution in [1.82, 2.24) is 15.2 Å². The number of aromatic nitrogens is 3. The second kappa shape index (κ2) is 4.65. The van der Waals surface area contributed by atoms with E-state index >= 15 is 0 Å². The number of carboxylic acids is 1. The molecular weight excluding hydrogens is 279 g/mol. The van der Waals surface area contributed by atoms with E-state index in [-0.39, 0.29) is 11.5 Å². The first-order valence-electron chi connectivity index (χ1n) is 4.82. The number of H-pyrrole nitrogens is 1. The van der Waals surface area contributed by atoms with Gasteiger partial charge in [-0.3, -0.25) is 9.82 Å². The molecule has 0 aliphatic rings. The Morgan fingerprint density at radius 1 is 1.47 bits per heavy atom. The molecule has 0 aliphatic heterocycles. The second-order valence-electron chi connectivity index (χ2n) is 3.37. The van der Waals surface area contributed by atoms with E-state index in [0.717, 1.165) is 18.3 Å². The molecule has 2 heterocycles. The summed E-state index contributed by atoms with van der Waals surface area (Å²) in [4.78, 5) is 14.0. The van der Waals surface area contributed by atoms with Crippen LogP contribution < -0.4 is 4.72 Å². The number of carboxylic acid groups (broad SMARTS) is 1. The van der Waals surface area contributed by atoms with Gasteiger partial charge in [0.1, 0.15) is 5.69 Å². The highest BCUT2D eigenvalue weighted by molar-refractivity contribution is 7.92. The Hall–Kier alpha value is -2.49. The van der Waals surface area contributed by atoms with E-state index in [2.05, 4.69) is 15.2 Å². The molecule has 0 atom stereocenters. The van der Waals surface area contributed by atoms with Gasteiger partial charge in [-0.05, 0) is 12.1 Å². The lowest BCUT2D eigenvalue weighted by Crippen LogP contribution is -2.16. The van der Waals surface area contributed by atoms with E-state index in [1.54, 1.807) is 0 Å². The third kappa shape index (κ3) is 2.68. The Labute approximate surface area is 106 Å². The van der Waals surface area contributed by atoms with Crippen LogP contribution in [0.25, 0.3) is 0 Å². The Morgan fingerprint density at radius 2 is 2.21 bits per heavy atom. The topological polar surface area (TPSA) is 125 Å². The number of aromatic carboxylic acids is 1. The molecular formula is C9H7FN4O4S. The molecule has 0 bridgehead atoms. The fourth-order valence-electron chi connectivity index (χ4n) is 1.24. The van der Waals surface area contributed by atoms with Crippen LogP contribution in [-0.2, 0) is 10.0 Å². The van der Waals surface area contributed by atoms with E-state index in [4.69, 9.17) is 5.11 Å². The van der Waals surface area contributed by atoms with Gasteiger partial charge in [0.15, 0.2) is 11.6 Å². The minimum atomic E-state index is -4.27. The average Bonchev–Trinajstić information content (AvgIpc) is 2.77. The van der Waals surface area contributed by atoms with Crippen molar-refractivity contribution in [2.45, 2.75) is 5.03 Å². The molecule has 2 aromatic heterocycles. The molecule has 0 aromatic carbocycles. The summed E-state index contributed by atoms with van der Waals surface area (Å²) in [6.07, 6.45) is 1.12. The van der Waals surface area contributed by atoms with Crippen molar-refractivity contribution in [2.24, 2.45) is 0 Å². The molecule has 100 valence electrons. The largest absolute Gasteiger partial charge is 0.477 e. The number of nitrogens with one attached hydrogen (secondary N) is 2. The molecule has 0 aliphatic carbocycles. The van der Waals surface area contributed by atoms with Crippen LogP contribution in [0.1, 0.15) is 10.5 Å². The van der Waals surface area contributed by atoms with Crippen molar-refractivity contribution >= 4 is 21.8 Å². The molecule has 2 aromatic rings. The van der Waals surface area contributed by atoms with Gasteiger partial charge in [0, 0.05) is 12.3 Å². The van der Waals surface area contributed by atoms with Gasteiger partial charge in [-0.25, -0.2) is 14.2 Å². The molecule has 0 fully saturated rings. The van der Waals surface area contributed by atoms with E-state index in [1.807, 2.05) is 4.72 Å². The molecule has 2 rings (SSSR count). The summed E-state index contributed by atoms with van der Waals surface area (Å²) in [5.41, 5.74) is -0.306. The number of carbonyl (C=O) groups is 1. The zero-order chi connectivity index (χ0) is 14.0. The summed E-state index contributed by atoms with van der Waals surface area (Å²) < 4.78 is 38.8. The number of sulfonamides is 1. The highest BCUT2D eigenvalue weighted by atomic mass is 32.2. The van der Waals surface area contributed by atoms with E-state index in [1.165, 1.54) is 6.07 Å². The Bertz CT molecular complexity index is 727. The van der Waals surface area contributed by atoms with Crippen molar-refractivity contribution in [3.05, 3.63) is 35.9 Å². The Morgan fingerprint density at radius 3 is 2.79 bits per heavy atom. The van der Waals surface area contributed by atoms with Crippen LogP contribution in [0.4, 0.5) is 10.2 Å². The van der Waals surface area contributed by atoms with Crippen molar-refractivity contribution in [3.8, 4) is 0 Å². The lowest BCUT2D eigenvalue weighted by Gasteiger charge is -2.04. The van der Waals surface area contributed by atoms with Crippen LogP contribution in [0.3, 0.4) is 0 Å². The smallest absolute Gasteiger partial charge is 0.353 e. The number of aromatic amines is 1. The van der Waals surface area contributed by atoms with Gasteiger partial charge in [0.2, 0.25) is 5.03 Å². The number of halogens is 1. The molecule has 8 nitrogen and oxygen atoms in total. The van der Waals surface area contributed by atoms with Crippen LogP contribution in [0, 0.1) is 5.82 Å². The summed E-state index contributed by atoms with van der Waals surface area (Å²) >= 11 is 0. The highest BCUT2D eigenvalue weighted by Crippen LogP contribution is 2.15. The number of rotatable bonds is 4. The number of anilines is 1. The van der Waals surface area contributed by atoms with Crippen molar-refractivity contribution in [2.75, 3.05) is 4.72 Å². The lowest BCUT2D eigenvalue weighted by atomic mass is 10.4. The Kier molecular flexibility index (Phi) is 3.17. The zero-order valence-corrected chi connectivity index (χ0v) is 9.98. The Balaban J connectivity index is 2.31. The third-order valence-electron chi connectivity index (χ3n) is 2.03. The summed E-state index contributed by atoms with van der Waals surface area (Å²) in [6, 6.07) is 3.14. The van der Waals surface area contributed by atoms with Crippen LogP contribution in [0.15, 0.2) is 29.4 Å². The number of nitrogens with zero attached hydrogens (tertiary/aromatic N) is 2. The molecule has 0 radical (unpaired) electrons. The molecule has 0 saturated carbocycles. The van der Waals surface area contributed by atoms with Crippen molar-refractivity contribution < 1.29 is 22.7 Å². The number of hydrogen-bond acceptors (Lipinski definition) is 5. The summed E-state index contributed by atoms with van der Waals surface area (Å²) in [5, 5.41) is 13.4. The maximum Gasteiger partial charge on any atom is 0.353 e. The standard InChI is InChI=1S/C9H7FN4O4S/c10-5-2-1-3-11-8(5)19(17,18)14-7-4-6(9(15)16)12-13-7/h1-4H,(H,15,16)(H2,12,13,14). The van der Waals surface area contributed by atoms with Crippen molar-refractivity contribution in [3.63, 3.8) is 0 Å². The first-order chi connectivity index (χ1) is 8.90. The van der Waals surface area contributed by atoms with Gasteiger partial charge in [0.05, 0.1) is 0 Å². The SMILES string of the molecule is O=C(O)c1cc(NS(=O)(=O)c2ncccc2F)n[nH]1. The quantitative estimate of drug-likeness (QED) is 0.749. The number of pyridine rings is 1. The van der Waals surface area contributed by atoms with Crippen LogP contribution in [-0.4, -0.2) is 34.7 Å². The first-order valence-corrected chi connectivity index (χ1v) is 6.30. The lowest BCUT2D eigenvalue weighted by molar-refractivity contribution is 0.0690. The van der Waals surface area contributed by atoms with Crippen LogP contribution in [0.5, 0.6) is 0 Å². The molecule has 0 saturated heterocycles. The molecule has 10 heteroatoms. The first kappa shape index (κ1) is 13.0. The van der Waals surface area contributed by atoms with Gasteiger partial charge < -0.3 is 5.11 Å². The zero-order valence-electron chi connectivity index (χ0n) is 9.16. The fraction of sp³-hybridized carbons (Fsp3) is 0. The monoisotopic (exact) mass is 286 g/mol. The van der Waals surface area contributed by atoms with Crippen LogP contribution in [0.2, 0.25) is 0 Å². The minimum Gasteiger partial charge on any atom is -0.477 e. The van der Waals surface area contributed by atoms with Gasteiger partial charge in [-0.1, -0.05) is 0 Å². The van der Waals surface area contributed by atoms with Crippen molar-refractivity contribution in [1.29, 1.82) is 0 Å². The van der Waals surface area contributed by atoms with Gasteiger partial charge in [-0.2, -0.15) is 13.5 Å². The summed E-state index contributed by atoms with van der Waals surface area (Å²) in [6.45, 7) is 0. The van der Waals surface area contributed by atoms with Gasteiger partial charge in [-0.15, -0.1) is 0 Å². The predicted octanol–water partition coefficient (Wildman–Crippen LogP) is 0.443. The summed E-state index contributed by atoms with van der Waals surface area (Å²) in [5.74, 6) is -2.60. The van der Waals surface area contributed by atoms with E-state index in [0.29, 0.717) is 0 Å². The average molecular weight is 286 g/mol. The highest BCUT2D eigenvalue weighted by Gasteiger charge is 2.22. The molecule has 0 unspecified atom stereocenters. The molecule has 19 heavy (non-hydrogen) atoms. The van der Waals surface area contributed by atoms with E-state index < -0.39 is 26.8 Å². The van der Waals surface area contributed by atoms with Gasteiger partial charge in [0.25, 0.3) is 10.0 Å². The van der Waals surface area contributed by atoms with E-state index in [9.17, 15) is 17.6 Å². The molecule has 3 N–H and O–H groups in total. The third-order valence-corrected chi connectivity index (χ3v) is 3.31. The normalized spacial score (nSPS) is 11.2. The fourth-order valence-corrected chi connectivity index (χ4v) is 2.24.